The molecule has 62 valence electrons. The smallest absolute Gasteiger partial charge is 0.0673 e. The first-order valence-corrected chi connectivity index (χ1v) is 3.59. The van der Waals surface area contributed by atoms with Crippen molar-refractivity contribution in [2.75, 3.05) is 26.7 Å². The summed E-state index contributed by atoms with van der Waals surface area (Å²) in [6.45, 7) is 5.33. The fourth-order valence-corrected chi connectivity index (χ4v) is 1.20. The van der Waals surface area contributed by atoms with Crippen molar-refractivity contribution in [1.29, 1.82) is 0 Å². The van der Waals surface area contributed by atoms with Crippen molar-refractivity contribution in [3.63, 3.8) is 0 Å². The van der Waals surface area contributed by atoms with Crippen LogP contribution in [0.5, 0.6) is 0 Å². The molecule has 1 heterocycles. The average Bonchev–Trinajstić information content (AvgIpc) is 1.93. The Hall–Kier alpha value is -0.0800. The van der Waals surface area contributed by atoms with E-state index in [1.165, 1.54) is 13.0 Å². The van der Waals surface area contributed by atoms with Gasteiger partial charge in [-0.05, 0) is 20.4 Å². The lowest BCUT2D eigenvalue weighted by atomic mass is 10.4. The van der Waals surface area contributed by atoms with Gasteiger partial charge in [-0.3, -0.25) is 0 Å². The number of hydrogen-bond donors (Lipinski definition) is 0. The minimum Gasteiger partial charge on any atom is -0.377 e. The molecule has 1 atom stereocenters. The maximum Gasteiger partial charge on any atom is 0.0673 e. The Balaban J connectivity index is 0.000000810. The first-order chi connectivity index (χ1) is 4.29. The van der Waals surface area contributed by atoms with Crippen LogP contribution < -0.4 is 0 Å². The molecule has 0 aromatic carbocycles. The van der Waals surface area contributed by atoms with E-state index < -0.39 is 0 Å². The summed E-state index contributed by atoms with van der Waals surface area (Å²) < 4.78 is 5.43. The van der Waals surface area contributed by atoms with Crippen LogP contribution >= 0.6 is 0 Å². The zero-order valence-electron chi connectivity index (χ0n) is 6.26. The van der Waals surface area contributed by atoms with Gasteiger partial charge >= 0.3 is 0 Å². The summed E-state index contributed by atoms with van der Waals surface area (Å²) in [5.41, 5.74) is 0. The number of likely N-dealkylation sites (N-methyl/N-ethyl adjacent to an activating group) is 1. The number of ether oxygens (including phenoxy) is 1. The van der Waals surface area contributed by atoms with Gasteiger partial charge in [0.25, 0.3) is 0 Å². The molecule has 0 amide bonds. The maximum absolute atomic E-state index is 5.43. The van der Waals surface area contributed by atoms with Crippen molar-refractivity contribution < 1.29 is 4.74 Å². The van der Waals surface area contributed by atoms with E-state index in [1.54, 1.807) is 0 Å². The summed E-state index contributed by atoms with van der Waals surface area (Å²) in [5.74, 6) is 0. The summed E-state index contributed by atoms with van der Waals surface area (Å²) >= 11 is 0. The lowest BCUT2D eigenvalue weighted by Crippen LogP contribution is -2.25. The SMILES string of the molecule is C.CC1CN(C)CCCO1. The molecular weight excluding hydrogens is 126 g/mol. The van der Waals surface area contributed by atoms with Crippen LogP contribution in [0.4, 0.5) is 0 Å². The highest BCUT2D eigenvalue weighted by atomic mass is 16.5. The molecule has 2 nitrogen and oxygen atoms in total. The van der Waals surface area contributed by atoms with Crippen molar-refractivity contribution in [3.8, 4) is 0 Å². The third-order valence-electron chi connectivity index (χ3n) is 1.66. The maximum atomic E-state index is 5.43. The average molecular weight is 145 g/mol. The first-order valence-electron chi connectivity index (χ1n) is 3.59. The summed E-state index contributed by atoms with van der Waals surface area (Å²) in [5, 5.41) is 0. The molecule has 10 heavy (non-hydrogen) atoms. The lowest BCUT2D eigenvalue weighted by molar-refractivity contribution is 0.0709. The molecule has 0 aromatic rings. The molecule has 1 saturated heterocycles. The predicted octanol–water partition coefficient (Wildman–Crippen LogP) is 1.36. The zero-order valence-corrected chi connectivity index (χ0v) is 6.26. The van der Waals surface area contributed by atoms with Crippen molar-refractivity contribution in [2.24, 2.45) is 0 Å². The monoisotopic (exact) mass is 145 g/mol. The molecule has 0 spiro atoms. The van der Waals surface area contributed by atoms with Crippen LogP contribution in [0.25, 0.3) is 0 Å². The largest absolute Gasteiger partial charge is 0.377 e. The van der Waals surface area contributed by atoms with E-state index in [4.69, 9.17) is 4.74 Å². The van der Waals surface area contributed by atoms with Gasteiger partial charge in [-0.1, -0.05) is 7.43 Å². The Morgan fingerprint density at radius 3 is 2.90 bits per heavy atom. The summed E-state index contributed by atoms with van der Waals surface area (Å²) in [4.78, 5) is 2.32. The number of nitrogens with zero attached hydrogens (tertiary/aromatic N) is 1. The van der Waals surface area contributed by atoms with Gasteiger partial charge < -0.3 is 9.64 Å². The molecule has 0 saturated carbocycles. The Morgan fingerprint density at radius 2 is 2.20 bits per heavy atom. The standard InChI is InChI=1S/C7H15NO.CH4/c1-7-6-8(2)4-3-5-9-7;/h7H,3-6H2,1-2H3;1H4. The molecule has 0 aromatic heterocycles. The van der Waals surface area contributed by atoms with Gasteiger partial charge in [0.05, 0.1) is 6.10 Å². The van der Waals surface area contributed by atoms with Crippen LogP contribution in [0.2, 0.25) is 0 Å². The molecule has 0 bridgehead atoms. The van der Waals surface area contributed by atoms with E-state index in [-0.39, 0.29) is 7.43 Å². The molecule has 1 aliphatic rings. The van der Waals surface area contributed by atoms with Gasteiger partial charge in [-0.2, -0.15) is 0 Å². The molecule has 0 N–H and O–H groups in total. The summed E-state index contributed by atoms with van der Waals surface area (Å²) in [6, 6.07) is 0. The van der Waals surface area contributed by atoms with Gasteiger partial charge in [0.2, 0.25) is 0 Å². The molecule has 1 fully saturated rings. The second-order valence-electron chi connectivity index (χ2n) is 2.80. The van der Waals surface area contributed by atoms with E-state index in [9.17, 15) is 0 Å². The highest BCUT2D eigenvalue weighted by Crippen LogP contribution is 2.01. The summed E-state index contributed by atoms with van der Waals surface area (Å²) in [7, 11) is 2.14. The van der Waals surface area contributed by atoms with Crippen molar-refractivity contribution in [1.82, 2.24) is 4.90 Å². The number of rotatable bonds is 0. The fourth-order valence-electron chi connectivity index (χ4n) is 1.20. The lowest BCUT2D eigenvalue weighted by Gasteiger charge is -2.14. The van der Waals surface area contributed by atoms with Crippen LogP contribution in [0.3, 0.4) is 0 Å². The van der Waals surface area contributed by atoms with Gasteiger partial charge in [0.1, 0.15) is 0 Å². The third-order valence-corrected chi connectivity index (χ3v) is 1.66. The Bertz CT molecular complexity index is 75.3. The molecule has 0 aliphatic carbocycles. The van der Waals surface area contributed by atoms with E-state index in [1.807, 2.05) is 0 Å². The van der Waals surface area contributed by atoms with Gasteiger partial charge in [-0.15, -0.1) is 0 Å². The predicted molar refractivity (Wildman–Crippen MR) is 44.3 cm³/mol. The zero-order chi connectivity index (χ0) is 6.69. The van der Waals surface area contributed by atoms with Crippen LogP contribution in [0.1, 0.15) is 20.8 Å². The normalized spacial score (nSPS) is 28.8. The molecule has 1 unspecified atom stereocenters. The molecular formula is C8H19NO. The fraction of sp³-hybridized carbons (Fsp3) is 1.00. The van der Waals surface area contributed by atoms with Crippen LogP contribution in [-0.4, -0.2) is 37.7 Å². The minimum atomic E-state index is 0. The Labute approximate surface area is 64.2 Å². The van der Waals surface area contributed by atoms with Gasteiger partial charge in [0, 0.05) is 19.7 Å². The van der Waals surface area contributed by atoms with E-state index in [2.05, 4.69) is 18.9 Å². The minimum absolute atomic E-state index is 0. The van der Waals surface area contributed by atoms with E-state index in [0.717, 1.165) is 13.2 Å². The molecule has 2 heteroatoms. The molecule has 1 aliphatic heterocycles. The van der Waals surface area contributed by atoms with E-state index in [0.29, 0.717) is 6.10 Å². The van der Waals surface area contributed by atoms with Crippen LogP contribution in [-0.2, 0) is 4.74 Å². The molecule has 1 rings (SSSR count). The first kappa shape index (κ1) is 9.92. The third kappa shape index (κ3) is 3.18. The van der Waals surface area contributed by atoms with Crippen molar-refractivity contribution in [3.05, 3.63) is 0 Å². The highest BCUT2D eigenvalue weighted by Gasteiger charge is 2.09. The second kappa shape index (κ2) is 4.69. The Kier molecular flexibility index (Phi) is 4.65. The Morgan fingerprint density at radius 1 is 1.50 bits per heavy atom. The second-order valence-corrected chi connectivity index (χ2v) is 2.80. The van der Waals surface area contributed by atoms with Crippen LogP contribution in [0.15, 0.2) is 0 Å². The van der Waals surface area contributed by atoms with Crippen LogP contribution in [0, 0.1) is 0 Å². The van der Waals surface area contributed by atoms with Crippen molar-refractivity contribution in [2.45, 2.75) is 26.9 Å². The van der Waals surface area contributed by atoms with Gasteiger partial charge in [0.15, 0.2) is 0 Å². The summed E-state index contributed by atoms with van der Waals surface area (Å²) in [6.07, 6.45) is 1.61. The quantitative estimate of drug-likeness (QED) is 0.510. The highest BCUT2D eigenvalue weighted by molar-refractivity contribution is 4.61. The van der Waals surface area contributed by atoms with Gasteiger partial charge in [-0.25, -0.2) is 0 Å². The molecule has 0 radical (unpaired) electrons. The topological polar surface area (TPSA) is 12.5 Å². The van der Waals surface area contributed by atoms with E-state index >= 15 is 0 Å². The number of hydrogen-bond acceptors (Lipinski definition) is 2. The van der Waals surface area contributed by atoms with Crippen molar-refractivity contribution >= 4 is 0 Å².